The van der Waals surface area contributed by atoms with Gasteiger partial charge in [0.1, 0.15) is 22.9 Å². The number of ether oxygens (including phenoxy) is 2. The van der Waals surface area contributed by atoms with Crippen molar-refractivity contribution in [1.82, 2.24) is 15.3 Å². The van der Waals surface area contributed by atoms with Crippen molar-refractivity contribution in [2.24, 2.45) is 0 Å². The molecule has 0 unspecified atom stereocenters. The van der Waals surface area contributed by atoms with E-state index in [0.717, 1.165) is 10.6 Å². The predicted molar refractivity (Wildman–Crippen MR) is 140 cm³/mol. The predicted octanol–water partition coefficient (Wildman–Crippen LogP) is 3.62. The Morgan fingerprint density at radius 1 is 1.10 bits per heavy atom. The number of methoxy groups -OCH3 is 2. The van der Waals surface area contributed by atoms with Crippen molar-refractivity contribution in [3.63, 3.8) is 0 Å². The first kappa shape index (κ1) is 29.3. The molecule has 0 aliphatic heterocycles. The number of halogens is 3. The Kier molecular flexibility index (Phi) is 8.74. The molecule has 0 bridgehead atoms. The van der Waals surface area contributed by atoms with Crippen LogP contribution in [0.15, 0.2) is 42.6 Å². The number of amides is 1. The summed E-state index contributed by atoms with van der Waals surface area (Å²) in [6.07, 6.45) is -3.15. The number of sulfonamides is 1. The fraction of sp³-hybridized carbons (Fsp3) is 0.292. The minimum atomic E-state index is -4.78. The van der Waals surface area contributed by atoms with E-state index in [4.69, 9.17) is 9.47 Å². The summed E-state index contributed by atoms with van der Waals surface area (Å²) in [6.45, 7) is -0.205. The highest BCUT2D eigenvalue weighted by Crippen LogP contribution is 2.36. The quantitative estimate of drug-likeness (QED) is 0.335. The lowest BCUT2D eigenvalue weighted by molar-refractivity contribution is -0.137. The molecular formula is C24H27F3N6O5S. The summed E-state index contributed by atoms with van der Waals surface area (Å²) in [4.78, 5) is 19.7. The van der Waals surface area contributed by atoms with Gasteiger partial charge >= 0.3 is 6.18 Å². The van der Waals surface area contributed by atoms with Crippen molar-refractivity contribution >= 4 is 39.1 Å². The molecule has 0 fully saturated rings. The highest BCUT2D eigenvalue weighted by Gasteiger charge is 2.35. The second-order valence-electron chi connectivity index (χ2n) is 8.15. The van der Waals surface area contributed by atoms with Crippen molar-refractivity contribution in [2.75, 3.05) is 49.5 Å². The first-order valence-corrected chi connectivity index (χ1v) is 13.1. The monoisotopic (exact) mass is 568 g/mol. The molecule has 11 nitrogen and oxygen atoms in total. The van der Waals surface area contributed by atoms with Gasteiger partial charge in [-0.2, -0.15) is 18.2 Å². The molecule has 1 aromatic heterocycles. The third kappa shape index (κ3) is 6.98. The highest BCUT2D eigenvalue weighted by molar-refractivity contribution is 7.92. The maximum Gasteiger partial charge on any atom is 0.421 e. The maximum atomic E-state index is 13.8. The highest BCUT2D eigenvalue weighted by atomic mass is 32.2. The van der Waals surface area contributed by atoms with Crippen LogP contribution in [-0.4, -0.2) is 58.9 Å². The molecule has 3 aromatic rings. The number of nitrogens with zero attached hydrogens (tertiary/aromatic N) is 3. The summed E-state index contributed by atoms with van der Waals surface area (Å²) in [6, 6.07) is 9.01. The molecule has 0 atom stereocenters. The molecule has 3 rings (SSSR count). The van der Waals surface area contributed by atoms with Gasteiger partial charge in [-0.05, 0) is 29.8 Å². The van der Waals surface area contributed by atoms with Gasteiger partial charge in [-0.25, -0.2) is 13.4 Å². The van der Waals surface area contributed by atoms with Crippen LogP contribution < -0.4 is 29.7 Å². The standard InChI is InChI=1S/C24H27F3N6O5S/c1-28-22(34)14-7-9-18(20(10-14)38-4)31-23-30-13-17(24(25,26)27)21(32-23)29-12-15-6-8-16(37-3)11-19(15)33(2)39(5,35)36/h6-11,13H,12H2,1-5H3,(H,28,34)(H2,29,30,31,32). The average molecular weight is 569 g/mol. The second kappa shape index (κ2) is 11.6. The Morgan fingerprint density at radius 2 is 1.82 bits per heavy atom. The van der Waals surface area contributed by atoms with Gasteiger partial charge in [0.05, 0.1) is 31.9 Å². The van der Waals surface area contributed by atoms with Crippen LogP contribution >= 0.6 is 0 Å². The number of anilines is 4. The number of hydrogen-bond donors (Lipinski definition) is 3. The minimum absolute atomic E-state index is 0.181. The van der Waals surface area contributed by atoms with Crippen LogP contribution in [0.1, 0.15) is 21.5 Å². The van der Waals surface area contributed by atoms with E-state index in [1.54, 1.807) is 6.07 Å². The Morgan fingerprint density at radius 3 is 2.41 bits per heavy atom. The smallest absolute Gasteiger partial charge is 0.421 e. The molecule has 15 heteroatoms. The summed E-state index contributed by atoms with van der Waals surface area (Å²) in [5, 5.41) is 7.93. The van der Waals surface area contributed by atoms with Gasteiger partial charge in [-0.15, -0.1) is 0 Å². The summed E-state index contributed by atoms with van der Waals surface area (Å²) >= 11 is 0. The molecule has 1 heterocycles. The van der Waals surface area contributed by atoms with E-state index in [2.05, 4.69) is 25.9 Å². The molecule has 0 aliphatic carbocycles. The van der Waals surface area contributed by atoms with Gasteiger partial charge in [0, 0.05) is 38.5 Å². The van der Waals surface area contributed by atoms with Crippen molar-refractivity contribution in [3.05, 3.63) is 59.3 Å². The maximum absolute atomic E-state index is 13.8. The van der Waals surface area contributed by atoms with Gasteiger partial charge in [0.15, 0.2) is 0 Å². The number of rotatable bonds is 10. The van der Waals surface area contributed by atoms with Crippen LogP contribution in [0.3, 0.4) is 0 Å². The lowest BCUT2D eigenvalue weighted by Gasteiger charge is -2.22. The Bertz CT molecular complexity index is 1470. The van der Waals surface area contributed by atoms with Gasteiger partial charge < -0.3 is 25.4 Å². The van der Waals surface area contributed by atoms with Crippen LogP contribution in [-0.2, 0) is 22.7 Å². The SMILES string of the molecule is CNC(=O)c1ccc(Nc2ncc(C(F)(F)F)c(NCc3ccc(OC)cc3N(C)S(C)(=O)=O)n2)c(OC)c1. The summed E-state index contributed by atoms with van der Waals surface area (Å²) in [7, 11) is 1.89. The second-order valence-corrected chi connectivity index (χ2v) is 10.2. The zero-order valence-electron chi connectivity index (χ0n) is 21.7. The van der Waals surface area contributed by atoms with E-state index in [9.17, 15) is 26.4 Å². The van der Waals surface area contributed by atoms with Crippen LogP contribution in [0.2, 0.25) is 0 Å². The molecule has 0 spiro atoms. The van der Waals surface area contributed by atoms with Crippen molar-refractivity contribution < 1.29 is 35.9 Å². The normalized spacial score (nSPS) is 11.5. The molecular weight excluding hydrogens is 541 g/mol. The van der Waals surface area contributed by atoms with Crippen LogP contribution in [0.25, 0.3) is 0 Å². The van der Waals surface area contributed by atoms with Crippen LogP contribution in [0.4, 0.5) is 36.3 Å². The zero-order valence-corrected chi connectivity index (χ0v) is 22.5. The topological polar surface area (TPSA) is 135 Å². The van der Waals surface area contributed by atoms with E-state index < -0.39 is 27.6 Å². The van der Waals surface area contributed by atoms with Gasteiger partial charge in [0.2, 0.25) is 16.0 Å². The lowest BCUT2D eigenvalue weighted by atomic mass is 10.1. The zero-order chi connectivity index (χ0) is 29.0. The van der Waals surface area contributed by atoms with Gasteiger partial charge in [-0.3, -0.25) is 9.10 Å². The van der Waals surface area contributed by atoms with E-state index in [0.29, 0.717) is 28.8 Å². The third-order valence-electron chi connectivity index (χ3n) is 5.61. The molecule has 0 radical (unpaired) electrons. The molecule has 210 valence electrons. The number of carbonyl (C=O) groups is 1. The van der Waals surface area contributed by atoms with Crippen molar-refractivity contribution in [2.45, 2.75) is 12.7 Å². The average Bonchev–Trinajstić information content (AvgIpc) is 2.90. The number of nitrogens with one attached hydrogen (secondary N) is 3. The van der Waals surface area contributed by atoms with Crippen LogP contribution in [0.5, 0.6) is 11.5 Å². The Hall–Kier alpha value is -4.27. The molecule has 39 heavy (non-hydrogen) atoms. The Labute approximate surface area is 223 Å². The molecule has 3 N–H and O–H groups in total. The Balaban J connectivity index is 1.97. The van der Waals surface area contributed by atoms with Crippen LogP contribution in [0, 0.1) is 0 Å². The molecule has 2 aromatic carbocycles. The molecule has 0 saturated heterocycles. The van der Waals surface area contributed by atoms with E-state index in [1.807, 2.05) is 0 Å². The number of benzene rings is 2. The molecule has 0 saturated carbocycles. The van der Waals surface area contributed by atoms with Crippen molar-refractivity contribution in [1.29, 1.82) is 0 Å². The number of carbonyl (C=O) groups excluding carboxylic acids is 1. The van der Waals surface area contributed by atoms with Crippen molar-refractivity contribution in [3.8, 4) is 11.5 Å². The number of hydrogen-bond acceptors (Lipinski definition) is 9. The van der Waals surface area contributed by atoms with Gasteiger partial charge in [0.25, 0.3) is 5.91 Å². The molecule has 1 amide bonds. The number of aromatic nitrogens is 2. The molecule has 0 aliphatic rings. The third-order valence-corrected chi connectivity index (χ3v) is 6.80. The van der Waals surface area contributed by atoms with E-state index in [-0.39, 0.29) is 29.8 Å². The first-order valence-electron chi connectivity index (χ1n) is 11.2. The van der Waals surface area contributed by atoms with E-state index >= 15 is 0 Å². The fourth-order valence-electron chi connectivity index (χ4n) is 3.46. The summed E-state index contributed by atoms with van der Waals surface area (Å²) in [5.74, 6) is -0.466. The van der Waals surface area contributed by atoms with E-state index in [1.165, 1.54) is 58.6 Å². The largest absolute Gasteiger partial charge is 0.497 e. The first-order chi connectivity index (χ1) is 18.3. The minimum Gasteiger partial charge on any atom is -0.497 e. The summed E-state index contributed by atoms with van der Waals surface area (Å²) < 4.78 is 77.0. The lowest BCUT2D eigenvalue weighted by Crippen LogP contribution is -2.26. The fourth-order valence-corrected chi connectivity index (χ4v) is 3.98. The summed E-state index contributed by atoms with van der Waals surface area (Å²) in [5.41, 5.74) is 0.0808. The number of alkyl halides is 3. The van der Waals surface area contributed by atoms with Gasteiger partial charge in [-0.1, -0.05) is 6.07 Å².